The topological polar surface area (TPSA) is 17.0 Å². The summed E-state index contributed by atoms with van der Waals surface area (Å²) in [7, 11) is 2.67. The Hall–Kier alpha value is -0.920. The SMILES string of the molecule is Fc1cccc2c1c1c(n2P)CCNC1. The Bertz CT molecular complexity index is 533. The lowest BCUT2D eigenvalue weighted by Crippen LogP contribution is -2.23. The molecule has 0 amide bonds. The zero-order chi connectivity index (χ0) is 10.4. The van der Waals surface area contributed by atoms with Crippen molar-refractivity contribution in [2.45, 2.75) is 13.0 Å². The van der Waals surface area contributed by atoms with Crippen molar-refractivity contribution in [3.05, 3.63) is 35.3 Å². The fourth-order valence-electron chi connectivity index (χ4n) is 2.33. The third-order valence-electron chi connectivity index (χ3n) is 3.03. The van der Waals surface area contributed by atoms with Gasteiger partial charge in [0.15, 0.2) is 0 Å². The maximum Gasteiger partial charge on any atom is 0.132 e. The molecule has 1 aromatic heterocycles. The van der Waals surface area contributed by atoms with Gasteiger partial charge >= 0.3 is 0 Å². The second-order valence-corrected chi connectivity index (χ2v) is 4.37. The number of nitrogens with zero attached hydrogens (tertiary/aromatic N) is 1. The van der Waals surface area contributed by atoms with Gasteiger partial charge in [-0.05, 0) is 27.1 Å². The molecule has 0 saturated heterocycles. The number of benzene rings is 1. The lowest BCUT2D eigenvalue weighted by Gasteiger charge is -2.14. The van der Waals surface area contributed by atoms with Gasteiger partial charge in [-0.1, -0.05) is 6.07 Å². The minimum absolute atomic E-state index is 0.117. The van der Waals surface area contributed by atoms with Crippen LogP contribution < -0.4 is 5.32 Å². The summed E-state index contributed by atoms with van der Waals surface area (Å²) in [5.41, 5.74) is 3.32. The highest BCUT2D eigenvalue weighted by Crippen LogP contribution is 2.31. The first-order chi connectivity index (χ1) is 7.29. The predicted octanol–water partition coefficient (Wildman–Crippen LogP) is 2.06. The van der Waals surface area contributed by atoms with Crippen LogP contribution in [0.4, 0.5) is 4.39 Å². The number of halogens is 1. The number of hydrogen-bond acceptors (Lipinski definition) is 1. The molecule has 0 bridgehead atoms. The standard InChI is InChI=1S/C11H12FN2P/c12-8-2-1-3-10-11(8)7-6-13-5-4-9(7)14(10)15/h1-3,13H,4-6,15H2. The highest BCUT2D eigenvalue weighted by molar-refractivity contribution is 7.15. The molecule has 1 aliphatic rings. The first kappa shape index (κ1) is 9.32. The molecular weight excluding hydrogens is 210 g/mol. The fourth-order valence-corrected chi connectivity index (χ4v) is 2.83. The minimum Gasteiger partial charge on any atom is -0.329 e. The van der Waals surface area contributed by atoms with Crippen LogP contribution in [0.3, 0.4) is 0 Å². The maximum absolute atomic E-state index is 13.7. The Balaban J connectivity index is 2.44. The number of nitrogens with one attached hydrogen (secondary N) is 1. The van der Waals surface area contributed by atoms with E-state index in [0.29, 0.717) is 0 Å². The second kappa shape index (κ2) is 3.29. The Morgan fingerprint density at radius 3 is 3.13 bits per heavy atom. The van der Waals surface area contributed by atoms with Gasteiger partial charge in [-0.2, -0.15) is 0 Å². The summed E-state index contributed by atoms with van der Waals surface area (Å²) in [6.07, 6.45) is 0.965. The zero-order valence-electron chi connectivity index (χ0n) is 8.26. The van der Waals surface area contributed by atoms with E-state index in [4.69, 9.17) is 0 Å². The van der Waals surface area contributed by atoms with Gasteiger partial charge in [0.1, 0.15) is 5.82 Å². The summed E-state index contributed by atoms with van der Waals surface area (Å²) in [5.74, 6) is -0.117. The molecule has 1 atom stereocenters. The summed E-state index contributed by atoms with van der Waals surface area (Å²) in [5, 5.41) is 4.06. The van der Waals surface area contributed by atoms with E-state index in [-0.39, 0.29) is 5.82 Å². The summed E-state index contributed by atoms with van der Waals surface area (Å²) in [4.78, 5) is 0. The molecule has 1 N–H and O–H groups in total. The molecule has 0 saturated carbocycles. The molecule has 15 heavy (non-hydrogen) atoms. The van der Waals surface area contributed by atoms with Crippen molar-refractivity contribution in [1.29, 1.82) is 0 Å². The Morgan fingerprint density at radius 1 is 1.40 bits per heavy atom. The molecule has 78 valence electrons. The number of rotatable bonds is 0. The Morgan fingerprint density at radius 2 is 2.27 bits per heavy atom. The van der Waals surface area contributed by atoms with E-state index in [0.717, 1.165) is 36.0 Å². The number of aromatic nitrogens is 1. The molecule has 2 heterocycles. The van der Waals surface area contributed by atoms with Crippen molar-refractivity contribution in [2.24, 2.45) is 0 Å². The van der Waals surface area contributed by atoms with Crippen LogP contribution >= 0.6 is 9.39 Å². The summed E-state index contributed by atoms with van der Waals surface area (Å²) < 4.78 is 15.8. The molecule has 0 radical (unpaired) electrons. The highest BCUT2D eigenvalue weighted by Gasteiger charge is 2.19. The maximum atomic E-state index is 13.7. The van der Waals surface area contributed by atoms with Gasteiger partial charge in [-0.15, -0.1) is 0 Å². The van der Waals surface area contributed by atoms with Crippen LogP contribution in [0.1, 0.15) is 11.3 Å². The second-order valence-electron chi connectivity index (χ2n) is 3.86. The Kier molecular flexibility index (Phi) is 2.04. The molecule has 1 aromatic carbocycles. The molecule has 1 aliphatic heterocycles. The van der Waals surface area contributed by atoms with Crippen molar-refractivity contribution < 1.29 is 4.39 Å². The van der Waals surface area contributed by atoms with Crippen LogP contribution in [0.25, 0.3) is 10.9 Å². The summed E-state index contributed by atoms with van der Waals surface area (Å²) in [6, 6.07) is 5.25. The van der Waals surface area contributed by atoms with Gasteiger partial charge in [-0.3, -0.25) is 0 Å². The smallest absolute Gasteiger partial charge is 0.132 e. The van der Waals surface area contributed by atoms with E-state index in [1.165, 1.54) is 11.8 Å². The fraction of sp³-hybridized carbons (Fsp3) is 0.273. The zero-order valence-corrected chi connectivity index (χ0v) is 9.41. The van der Waals surface area contributed by atoms with E-state index in [1.807, 2.05) is 10.4 Å². The van der Waals surface area contributed by atoms with Crippen LogP contribution in [-0.2, 0) is 13.0 Å². The van der Waals surface area contributed by atoms with E-state index < -0.39 is 0 Å². The van der Waals surface area contributed by atoms with Crippen LogP contribution in [0.2, 0.25) is 0 Å². The van der Waals surface area contributed by atoms with Crippen molar-refractivity contribution in [2.75, 3.05) is 6.54 Å². The molecule has 0 aliphatic carbocycles. The molecular formula is C11H12FN2P. The van der Waals surface area contributed by atoms with E-state index in [9.17, 15) is 4.39 Å². The third kappa shape index (κ3) is 1.23. The lowest BCUT2D eigenvalue weighted by molar-refractivity contribution is 0.623. The first-order valence-corrected chi connectivity index (χ1v) is 5.57. The van der Waals surface area contributed by atoms with Gasteiger partial charge < -0.3 is 9.65 Å². The normalized spacial score (nSPS) is 15.6. The highest BCUT2D eigenvalue weighted by atomic mass is 31.0. The van der Waals surface area contributed by atoms with Crippen LogP contribution in [0.15, 0.2) is 18.2 Å². The summed E-state index contributed by atoms with van der Waals surface area (Å²) in [6.45, 7) is 1.74. The summed E-state index contributed by atoms with van der Waals surface area (Å²) >= 11 is 0. The van der Waals surface area contributed by atoms with Crippen molar-refractivity contribution in [3.63, 3.8) is 0 Å². The Labute approximate surface area is 89.7 Å². The molecule has 2 aromatic rings. The van der Waals surface area contributed by atoms with Crippen molar-refractivity contribution in [3.8, 4) is 0 Å². The molecule has 1 unspecified atom stereocenters. The quantitative estimate of drug-likeness (QED) is 0.675. The third-order valence-corrected chi connectivity index (χ3v) is 3.62. The average Bonchev–Trinajstić information content (AvgIpc) is 2.55. The molecule has 2 nitrogen and oxygen atoms in total. The molecule has 0 spiro atoms. The average molecular weight is 222 g/mol. The molecule has 4 heteroatoms. The first-order valence-electron chi connectivity index (χ1n) is 5.05. The van der Waals surface area contributed by atoms with Crippen LogP contribution in [0.5, 0.6) is 0 Å². The lowest BCUT2D eigenvalue weighted by atomic mass is 10.1. The van der Waals surface area contributed by atoms with Gasteiger partial charge in [-0.25, -0.2) is 4.39 Å². The van der Waals surface area contributed by atoms with Crippen LogP contribution in [0, 0.1) is 5.82 Å². The van der Waals surface area contributed by atoms with Crippen molar-refractivity contribution >= 4 is 20.3 Å². The van der Waals surface area contributed by atoms with Gasteiger partial charge in [0.2, 0.25) is 0 Å². The van der Waals surface area contributed by atoms with Crippen molar-refractivity contribution in [1.82, 2.24) is 9.65 Å². The van der Waals surface area contributed by atoms with E-state index >= 15 is 0 Å². The largest absolute Gasteiger partial charge is 0.329 e. The van der Waals surface area contributed by atoms with Gasteiger partial charge in [0.05, 0.1) is 5.52 Å². The minimum atomic E-state index is -0.117. The molecule has 0 fully saturated rings. The van der Waals surface area contributed by atoms with Crippen LogP contribution in [-0.4, -0.2) is 10.9 Å². The van der Waals surface area contributed by atoms with E-state index in [2.05, 4.69) is 14.7 Å². The van der Waals surface area contributed by atoms with Gasteiger partial charge in [0, 0.05) is 30.6 Å². The predicted molar refractivity (Wildman–Crippen MR) is 62.4 cm³/mol. The monoisotopic (exact) mass is 222 g/mol. The van der Waals surface area contributed by atoms with Gasteiger partial charge in [0.25, 0.3) is 0 Å². The number of fused-ring (bicyclic) bond motifs is 3. The number of hydrogen-bond donors (Lipinski definition) is 1. The molecule has 3 rings (SSSR count). The van der Waals surface area contributed by atoms with E-state index in [1.54, 1.807) is 6.07 Å².